The molecule has 170 valence electrons. The van der Waals surface area contributed by atoms with Crippen LogP contribution in [0.4, 0.5) is 0 Å². The number of nitrogens with one attached hydrogen (secondary N) is 2. The molecule has 6 unspecified atom stereocenters. The summed E-state index contributed by atoms with van der Waals surface area (Å²) in [5, 5.41) is 20.6. The topological polar surface area (TPSA) is 104 Å². The van der Waals surface area contributed by atoms with E-state index in [4.69, 9.17) is 9.47 Å². The Morgan fingerprint density at radius 2 is 1.74 bits per heavy atom. The Bertz CT molecular complexity index is 846. The summed E-state index contributed by atoms with van der Waals surface area (Å²) in [5.74, 6) is -1.70. The van der Waals surface area contributed by atoms with Crippen LogP contribution in [0, 0.1) is 23.2 Å². The van der Waals surface area contributed by atoms with Gasteiger partial charge in [-0.1, -0.05) is 12.1 Å². The largest absolute Gasteiger partial charge is 0.460 e. The molecule has 7 nitrogen and oxygen atoms in total. The van der Waals surface area contributed by atoms with Gasteiger partial charge in [-0.3, -0.25) is 10.2 Å². The number of fused-ring (bicyclic) bond motifs is 1. The van der Waals surface area contributed by atoms with Crippen molar-refractivity contribution in [3.63, 3.8) is 0 Å². The van der Waals surface area contributed by atoms with Crippen molar-refractivity contribution < 1.29 is 19.4 Å². The average Bonchev–Trinajstić information content (AvgIpc) is 2.98. The van der Waals surface area contributed by atoms with Crippen LogP contribution in [0.1, 0.15) is 71.9 Å². The number of benzene rings is 1. The molecule has 1 saturated carbocycles. The van der Waals surface area contributed by atoms with Crippen molar-refractivity contribution in [3.8, 4) is 6.07 Å². The molecule has 1 aromatic rings. The van der Waals surface area contributed by atoms with Gasteiger partial charge < -0.3 is 14.6 Å². The maximum absolute atomic E-state index is 13.4. The number of carbonyl (C=O) groups is 1. The average molecular weight is 430 g/mol. The van der Waals surface area contributed by atoms with Gasteiger partial charge in [-0.25, -0.2) is 5.43 Å². The van der Waals surface area contributed by atoms with Gasteiger partial charge in [-0.05, 0) is 72.6 Å². The van der Waals surface area contributed by atoms with E-state index in [2.05, 4.69) is 16.9 Å². The summed E-state index contributed by atoms with van der Waals surface area (Å²) in [5.41, 5.74) is 5.57. The molecule has 1 aliphatic carbocycles. The maximum Gasteiger partial charge on any atom is 0.313 e. The van der Waals surface area contributed by atoms with E-state index in [1.807, 2.05) is 53.7 Å². The minimum absolute atomic E-state index is 0.0957. The van der Waals surface area contributed by atoms with E-state index in [1.54, 1.807) is 19.1 Å². The highest BCUT2D eigenvalue weighted by atomic mass is 16.6. The van der Waals surface area contributed by atoms with Crippen LogP contribution in [0.5, 0.6) is 0 Å². The first-order valence-electron chi connectivity index (χ1n) is 10.9. The van der Waals surface area contributed by atoms with E-state index in [0.717, 1.165) is 5.56 Å². The Morgan fingerprint density at radius 3 is 2.26 bits per heavy atom. The molecule has 1 aromatic carbocycles. The molecule has 0 amide bonds. The predicted molar refractivity (Wildman–Crippen MR) is 117 cm³/mol. The fraction of sp³-hybridized carbons (Fsp3) is 0.667. The Labute approximate surface area is 185 Å². The minimum atomic E-state index is -1.28. The van der Waals surface area contributed by atoms with Crippen molar-refractivity contribution in [2.45, 2.75) is 89.9 Å². The summed E-state index contributed by atoms with van der Waals surface area (Å²) in [6, 6.07) is 9.26. The highest BCUT2D eigenvalue weighted by Crippen LogP contribution is 2.51. The van der Waals surface area contributed by atoms with Crippen LogP contribution in [0.25, 0.3) is 0 Å². The molecule has 6 atom stereocenters. The highest BCUT2D eigenvalue weighted by molar-refractivity contribution is 5.76. The second-order valence-corrected chi connectivity index (χ2v) is 11.0. The lowest BCUT2D eigenvalue weighted by Gasteiger charge is -2.48. The summed E-state index contributed by atoms with van der Waals surface area (Å²) >= 11 is 0. The number of nitriles is 1. The van der Waals surface area contributed by atoms with Crippen LogP contribution in [0.15, 0.2) is 24.3 Å². The number of hydrogen-bond donors (Lipinski definition) is 3. The van der Waals surface area contributed by atoms with Crippen LogP contribution < -0.4 is 10.9 Å². The normalized spacial score (nSPS) is 33.5. The number of hydrogen-bond acceptors (Lipinski definition) is 7. The van der Waals surface area contributed by atoms with Gasteiger partial charge >= 0.3 is 5.97 Å². The third-order valence-corrected chi connectivity index (χ3v) is 5.87. The van der Waals surface area contributed by atoms with E-state index < -0.39 is 28.7 Å². The molecule has 0 spiro atoms. The first-order valence-corrected chi connectivity index (χ1v) is 10.9. The van der Waals surface area contributed by atoms with Gasteiger partial charge in [-0.15, -0.1) is 0 Å². The first kappa shape index (κ1) is 23.7. The Morgan fingerprint density at radius 1 is 1.13 bits per heavy atom. The van der Waals surface area contributed by atoms with Crippen LogP contribution in [-0.4, -0.2) is 40.1 Å². The minimum Gasteiger partial charge on any atom is -0.460 e. The highest BCUT2D eigenvalue weighted by Gasteiger charge is 2.59. The lowest BCUT2D eigenvalue weighted by molar-refractivity contribution is -0.180. The Hall–Kier alpha value is -1.98. The fourth-order valence-electron chi connectivity index (χ4n) is 4.85. The third kappa shape index (κ3) is 5.27. The number of nitrogens with zero attached hydrogens (tertiary/aromatic N) is 1. The predicted octanol–water partition coefficient (Wildman–Crippen LogP) is 2.99. The van der Waals surface area contributed by atoms with E-state index in [0.29, 0.717) is 12.0 Å². The van der Waals surface area contributed by atoms with Crippen LogP contribution in [-0.2, 0) is 14.3 Å². The van der Waals surface area contributed by atoms with Gasteiger partial charge in [0.15, 0.2) is 0 Å². The zero-order chi connectivity index (χ0) is 23.2. The summed E-state index contributed by atoms with van der Waals surface area (Å²) in [6.45, 7) is 13.1. The van der Waals surface area contributed by atoms with E-state index >= 15 is 0 Å². The van der Waals surface area contributed by atoms with E-state index in [-0.39, 0.29) is 24.1 Å². The van der Waals surface area contributed by atoms with E-state index in [1.165, 1.54) is 0 Å². The van der Waals surface area contributed by atoms with Crippen molar-refractivity contribution in [2.24, 2.45) is 11.8 Å². The lowest BCUT2D eigenvalue weighted by atomic mass is 9.60. The smallest absolute Gasteiger partial charge is 0.313 e. The van der Waals surface area contributed by atoms with Crippen molar-refractivity contribution in [1.29, 1.82) is 5.26 Å². The standard InChI is InChI=1S/C24H35N3O4/c1-22(2,3)30-20-18-16(26-27-20)12-24(7,29)19(21(28)31-23(4,5)6)17(18)15-10-8-14(13-25)9-11-15/h8-11,16-20,26-27,29H,12H2,1-7H3. The van der Waals surface area contributed by atoms with Crippen molar-refractivity contribution in [3.05, 3.63) is 35.4 Å². The summed E-state index contributed by atoms with van der Waals surface area (Å²) in [4.78, 5) is 13.4. The molecule has 0 bridgehead atoms. The maximum atomic E-state index is 13.4. The number of esters is 1. The van der Waals surface area contributed by atoms with Crippen LogP contribution in [0.2, 0.25) is 0 Å². The number of carbonyl (C=O) groups excluding carboxylic acids is 1. The number of ether oxygens (including phenoxy) is 2. The van der Waals surface area contributed by atoms with Crippen molar-refractivity contribution in [1.82, 2.24) is 10.9 Å². The SMILES string of the molecule is CC(C)(C)OC(=O)C1C(c2ccc(C#N)cc2)C2C(CC1(C)O)NNC2OC(C)(C)C. The van der Waals surface area contributed by atoms with E-state index in [9.17, 15) is 15.2 Å². The molecule has 1 heterocycles. The quantitative estimate of drug-likeness (QED) is 0.635. The molecule has 1 aliphatic heterocycles. The second-order valence-electron chi connectivity index (χ2n) is 11.0. The zero-order valence-corrected chi connectivity index (χ0v) is 19.5. The van der Waals surface area contributed by atoms with Crippen molar-refractivity contribution in [2.75, 3.05) is 0 Å². The molecule has 7 heteroatoms. The summed E-state index contributed by atoms with van der Waals surface area (Å²) in [6.07, 6.45) is 0.0254. The molecule has 0 radical (unpaired) electrons. The summed E-state index contributed by atoms with van der Waals surface area (Å²) in [7, 11) is 0. The van der Waals surface area contributed by atoms with Crippen LogP contribution >= 0.6 is 0 Å². The molecule has 0 aromatic heterocycles. The van der Waals surface area contributed by atoms with Gasteiger partial charge in [0.05, 0.1) is 28.8 Å². The number of aliphatic hydroxyl groups is 1. The van der Waals surface area contributed by atoms with Crippen molar-refractivity contribution >= 4 is 5.97 Å². The van der Waals surface area contributed by atoms with Crippen LogP contribution in [0.3, 0.4) is 0 Å². The molecule has 3 N–H and O–H groups in total. The Balaban J connectivity index is 2.09. The molecule has 2 aliphatic rings. The molecule has 31 heavy (non-hydrogen) atoms. The second kappa shape index (κ2) is 8.18. The van der Waals surface area contributed by atoms with Gasteiger partial charge in [0.2, 0.25) is 0 Å². The van der Waals surface area contributed by atoms with Gasteiger partial charge in [0.25, 0.3) is 0 Å². The lowest BCUT2D eigenvalue weighted by Crippen LogP contribution is -2.57. The molecular formula is C24H35N3O4. The summed E-state index contributed by atoms with van der Waals surface area (Å²) < 4.78 is 12.1. The van der Waals surface area contributed by atoms with Gasteiger partial charge in [0, 0.05) is 17.9 Å². The Kier molecular flexibility index (Phi) is 6.25. The number of rotatable bonds is 3. The fourth-order valence-corrected chi connectivity index (χ4v) is 4.85. The van der Waals surface area contributed by atoms with Gasteiger partial charge in [0.1, 0.15) is 11.8 Å². The first-order chi connectivity index (χ1) is 14.2. The monoisotopic (exact) mass is 429 g/mol. The molecule has 3 rings (SSSR count). The number of hydrazine groups is 1. The zero-order valence-electron chi connectivity index (χ0n) is 19.5. The molecular weight excluding hydrogens is 394 g/mol. The third-order valence-electron chi connectivity index (χ3n) is 5.87. The van der Waals surface area contributed by atoms with Gasteiger partial charge in [-0.2, -0.15) is 5.26 Å². The molecule has 2 fully saturated rings. The molecule has 1 saturated heterocycles.